The molecule has 0 saturated carbocycles. The van der Waals surface area contributed by atoms with E-state index in [-0.39, 0.29) is 12.0 Å². The summed E-state index contributed by atoms with van der Waals surface area (Å²) in [4.78, 5) is 17.2. The number of benzene rings is 2. The van der Waals surface area contributed by atoms with Gasteiger partial charge >= 0.3 is 0 Å². The molecular formula is C25H28N2O3. The molecule has 5 heteroatoms. The molecule has 0 aliphatic heterocycles. The molecule has 0 aliphatic rings. The number of amides is 1. The van der Waals surface area contributed by atoms with Gasteiger partial charge in [0.15, 0.2) is 0 Å². The van der Waals surface area contributed by atoms with E-state index >= 15 is 0 Å². The van der Waals surface area contributed by atoms with Gasteiger partial charge in [0, 0.05) is 24.4 Å². The van der Waals surface area contributed by atoms with Gasteiger partial charge in [-0.25, -0.2) is 0 Å². The van der Waals surface area contributed by atoms with Gasteiger partial charge in [-0.3, -0.25) is 9.78 Å². The minimum absolute atomic E-state index is 0.0993. The first-order valence-corrected chi connectivity index (χ1v) is 10.2. The molecule has 0 saturated heterocycles. The summed E-state index contributed by atoms with van der Waals surface area (Å²) in [6.45, 7) is 8.56. The quantitative estimate of drug-likeness (QED) is 0.522. The molecule has 1 unspecified atom stereocenters. The number of aromatic nitrogens is 1. The van der Waals surface area contributed by atoms with Crippen molar-refractivity contribution < 1.29 is 14.3 Å². The molecule has 5 nitrogen and oxygen atoms in total. The summed E-state index contributed by atoms with van der Waals surface area (Å²) < 4.78 is 11.4. The summed E-state index contributed by atoms with van der Waals surface area (Å²) in [6.07, 6.45) is 0.821. The maximum Gasteiger partial charge on any atom is 0.257 e. The summed E-state index contributed by atoms with van der Waals surface area (Å²) >= 11 is 0. The lowest BCUT2D eigenvalue weighted by Crippen LogP contribution is -2.16. The van der Waals surface area contributed by atoms with Gasteiger partial charge in [0.1, 0.15) is 11.5 Å². The van der Waals surface area contributed by atoms with Crippen molar-refractivity contribution in [2.24, 2.45) is 0 Å². The number of carbonyl (C=O) groups excluding carboxylic acids is 1. The van der Waals surface area contributed by atoms with Crippen LogP contribution in [0.4, 0.5) is 5.69 Å². The van der Waals surface area contributed by atoms with E-state index in [1.165, 1.54) is 5.56 Å². The lowest BCUT2D eigenvalue weighted by atomic mass is 10.1. The lowest BCUT2D eigenvalue weighted by Gasteiger charge is -2.13. The Morgan fingerprint density at radius 3 is 2.20 bits per heavy atom. The van der Waals surface area contributed by atoms with E-state index in [1.54, 1.807) is 0 Å². The van der Waals surface area contributed by atoms with Crippen LogP contribution >= 0.6 is 0 Å². The standard InChI is InChI=1S/C25H28N2O3/c1-5-29-18(3)16-21-10-15-24(19(4)26-21)25(28)27-20-8-13-23(14-9-20)30-22-11-6-17(2)7-12-22/h6-15,18H,5,16H2,1-4H3,(H,27,28). The third-order valence-corrected chi connectivity index (χ3v) is 4.70. The highest BCUT2D eigenvalue weighted by molar-refractivity contribution is 6.05. The first-order valence-electron chi connectivity index (χ1n) is 10.2. The molecule has 1 heterocycles. The number of nitrogens with one attached hydrogen (secondary N) is 1. The van der Waals surface area contributed by atoms with Crippen LogP contribution in [0.15, 0.2) is 60.7 Å². The number of nitrogens with zero attached hydrogens (tertiary/aromatic N) is 1. The highest BCUT2D eigenvalue weighted by Crippen LogP contribution is 2.23. The first-order chi connectivity index (χ1) is 14.4. The molecule has 0 bridgehead atoms. The van der Waals surface area contributed by atoms with Crippen LogP contribution in [0, 0.1) is 13.8 Å². The predicted octanol–water partition coefficient (Wildman–Crippen LogP) is 5.71. The molecule has 1 N–H and O–H groups in total. The van der Waals surface area contributed by atoms with Crippen molar-refractivity contribution in [3.63, 3.8) is 0 Å². The van der Waals surface area contributed by atoms with Crippen LogP contribution in [0.3, 0.4) is 0 Å². The zero-order valence-electron chi connectivity index (χ0n) is 17.9. The van der Waals surface area contributed by atoms with Crippen LogP contribution in [0.1, 0.15) is 41.2 Å². The van der Waals surface area contributed by atoms with E-state index < -0.39 is 0 Å². The third kappa shape index (κ3) is 5.91. The topological polar surface area (TPSA) is 60.5 Å². The number of hydrogen-bond acceptors (Lipinski definition) is 4. The van der Waals surface area contributed by atoms with E-state index in [0.29, 0.717) is 29.3 Å². The first kappa shape index (κ1) is 21.5. The largest absolute Gasteiger partial charge is 0.457 e. The molecule has 3 rings (SSSR count). The van der Waals surface area contributed by atoms with Crippen molar-refractivity contribution in [2.45, 2.75) is 40.2 Å². The predicted molar refractivity (Wildman–Crippen MR) is 119 cm³/mol. The molecular weight excluding hydrogens is 376 g/mol. The Hall–Kier alpha value is -3.18. The lowest BCUT2D eigenvalue weighted by molar-refractivity contribution is 0.0761. The van der Waals surface area contributed by atoms with Crippen LogP contribution in [0.2, 0.25) is 0 Å². The van der Waals surface area contributed by atoms with Crippen LogP contribution in [-0.4, -0.2) is 23.6 Å². The molecule has 1 amide bonds. The molecule has 0 radical (unpaired) electrons. The van der Waals surface area contributed by atoms with E-state index in [9.17, 15) is 4.79 Å². The van der Waals surface area contributed by atoms with Gasteiger partial charge in [-0.1, -0.05) is 17.7 Å². The monoisotopic (exact) mass is 404 g/mol. The number of rotatable bonds is 8. The van der Waals surface area contributed by atoms with Crippen molar-refractivity contribution in [1.29, 1.82) is 0 Å². The summed E-state index contributed by atoms with van der Waals surface area (Å²) in [5.41, 5.74) is 4.06. The molecule has 0 fully saturated rings. The van der Waals surface area contributed by atoms with E-state index in [1.807, 2.05) is 88.4 Å². The van der Waals surface area contributed by atoms with Gasteiger partial charge < -0.3 is 14.8 Å². The maximum atomic E-state index is 12.7. The number of pyridine rings is 1. The van der Waals surface area contributed by atoms with Gasteiger partial charge in [-0.15, -0.1) is 0 Å². The van der Waals surface area contributed by atoms with E-state index in [2.05, 4.69) is 10.3 Å². The summed E-state index contributed by atoms with van der Waals surface area (Å²) in [5.74, 6) is 1.30. The second-order valence-electron chi connectivity index (χ2n) is 7.30. The summed E-state index contributed by atoms with van der Waals surface area (Å²) in [6, 6.07) is 18.9. The smallest absolute Gasteiger partial charge is 0.257 e. The number of ether oxygens (including phenoxy) is 2. The van der Waals surface area contributed by atoms with Crippen LogP contribution in [0.5, 0.6) is 11.5 Å². The second-order valence-corrected chi connectivity index (χ2v) is 7.30. The van der Waals surface area contributed by atoms with Gasteiger partial charge in [0.05, 0.1) is 17.4 Å². The SMILES string of the molecule is CCOC(C)Cc1ccc(C(=O)Nc2ccc(Oc3ccc(C)cc3)cc2)c(C)n1. The summed E-state index contributed by atoms with van der Waals surface area (Å²) in [7, 11) is 0. The molecule has 2 aromatic carbocycles. The van der Waals surface area contributed by atoms with Crippen molar-refractivity contribution in [3.8, 4) is 11.5 Å². The van der Waals surface area contributed by atoms with Gasteiger partial charge in [-0.05, 0) is 76.2 Å². The average molecular weight is 405 g/mol. The fourth-order valence-corrected chi connectivity index (χ4v) is 3.15. The third-order valence-electron chi connectivity index (χ3n) is 4.70. The minimum Gasteiger partial charge on any atom is -0.457 e. The molecule has 0 aliphatic carbocycles. The highest BCUT2D eigenvalue weighted by Gasteiger charge is 2.13. The second kappa shape index (κ2) is 10.0. The highest BCUT2D eigenvalue weighted by atomic mass is 16.5. The zero-order valence-corrected chi connectivity index (χ0v) is 17.9. The molecule has 1 atom stereocenters. The van der Waals surface area contributed by atoms with Crippen LogP contribution in [-0.2, 0) is 11.2 Å². The fraction of sp³-hybridized carbons (Fsp3) is 0.280. The Labute approximate surface area is 178 Å². The molecule has 30 heavy (non-hydrogen) atoms. The van der Waals surface area contributed by atoms with Crippen molar-refractivity contribution in [3.05, 3.63) is 83.2 Å². The zero-order chi connectivity index (χ0) is 21.5. The van der Waals surface area contributed by atoms with Crippen molar-refractivity contribution in [1.82, 2.24) is 4.98 Å². The maximum absolute atomic E-state index is 12.7. The number of anilines is 1. The van der Waals surface area contributed by atoms with Crippen molar-refractivity contribution in [2.75, 3.05) is 11.9 Å². The molecule has 3 aromatic rings. The molecule has 1 aromatic heterocycles. The van der Waals surface area contributed by atoms with Crippen LogP contribution < -0.4 is 10.1 Å². The Bertz CT molecular complexity index is 982. The average Bonchev–Trinajstić information content (AvgIpc) is 2.71. The number of hydrogen-bond donors (Lipinski definition) is 1. The normalized spacial score (nSPS) is 11.7. The van der Waals surface area contributed by atoms with E-state index in [0.717, 1.165) is 17.9 Å². The number of aryl methyl sites for hydroxylation is 2. The summed E-state index contributed by atoms with van der Waals surface area (Å²) in [5, 5.41) is 2.92. The van der Waals surface area contributed by atoms with Gasteiger partial charge in [0.2, 0.25) is 0 Å². The van der Waals surface area contributed by atoms with Gasteiger partial charge in [-0.2, -0.15) is 0 Å². The Kier molecular flexibility index (Phi) is 7.20. The van der Waals surface area contributed by atoms with E-state index in [4.69, 9.17) is 9.47 Å². The van der Waals surface area contributed by atoms with Crippen LogP contribution in [0.25, 0.3) is 0 Å². The van der Waals surface area contributed by atoms with Gasteiger partial charge in [0.25, 0.3) is 5.91 Å². The fourth-order valence-electron chi connectivity index (χ4n) is 3.15. The number of carbonyl (C=O) groups is 1. The Morgan fingerprint density at radius 2 is 1.60 bits per heavy atom. The molecule has 156 valence electrons. The minimum atomic E-state index is -0.184. The Morgan fingerprint density at radius 1 is 0.967 bits per heavy atom. The van der Waals surface area contributed by atoms with Crippen molar-refractivity contribution >= 4 is 11.6 Å². The molecule has 0 spiro atoms. The Balaban J connectivity index is 1.62.